The molecule has 0 aromatic heterocycles. The van der Waals surface area contributed by atoms with Gasteiger partial charge in [0.2, 0.25) is 0 Å². The molecule has 0 aliphatic carbocycles. The molecule has 0 unspecified atom stereocenters. The van der Waals surface area contributed by atoms with E-state index in [0.29, 0.717) is 6.54 Å². The van der Waals surface area contributed by atoms with E-state index in [0.717, 1.165) is 16.7 Å². The van der Waals surface area contributed by atoms with E-state index in [1.165, 1.54) is 6.92 Å². The molecular formula is C22H26N2O4. The Morgan fingerprint density at radius 3 is 2.18 bits per heavy atom. The number of benzene rings is 2. The first-order valence-corrected chi connectivity index (χ1v) is 8.75. The van der Waals surface area contributed by atoms with Gasteiger partial charge in [0.05, 0.1) is 12.6 Å². The number of amides is 2. The van der Waals surface area contributed by atoms with E-state index in [-0.39, 0.29) is 19.0 Å². The Labute approximate surface area is 165 Å². The van der Waals surface area contributed by atoms with Gasteiger partial charge in [-0.2, -0.15) is 5.06 Å². The average molecular weight is 382 g/mol. The second kappa shape index (κ2) is 9.41. The number of hydrogen-bond acceptors (Lipinski definition) is 5. The maximum atomic E-state index is 12.1. The minimum absolute atomic E-state index is 0. The Balaban J connectivity index is 0.00000280. The molecule has 3 rings (SSSR count). The highest BCUT2D eigenvalue weighted by molar-refractivity contribution is 6.00. The summed E-state index contributed by atoms with van der Waals surface area (Å²) in [5.41, 5.74) is 3.05. The van der Waals surface area contributed by atoms with Gasteiger partial charge >= 0.3 is 0 Å². The van der Waals surface area contributed by atoms with Crippen LogP contribution in [0.25, 0.3) is 12.2 Å². The number of carbonyl (C=O) groups excluding carboxylic acids is 2. The maximum absolute atomic E-state index is 12.1. The summed E-state index contributed by atoms with van der Waals surface area (Å²) < 4.78 is 0. The van der Waals surface area contributed by atoms with Gasteiger partial charge in [-0.05, 0) is 23.6 Å². The van der Waals surface area contributed by atoms with Crippen LogP contribution in [0.1, 0.15) is 31.0 Å². The van der Waals surface area contributed by atoms with Crippen LogP contribution in [0.5, 0.6) is 0 Å². The van der Waals surface area contributed by atoms with Crippen LogP contribution in [0.15, 0.2) is 54.6 Å². The summed E-state index contributed by atoms with van der Waals surface area (Å²) in [5.74, 6) is -1.50. The van der Waals surface area contributed by atoms with Gasteiger partial charge in [0.1, 0.15) is 6.04 Å². The SMILES string of the molecule is C.C[C@@H](O)[C@H]1C(=O)N(O)C(=O)CN1Cc1ccc(/C=C/c2ccccc2)cc1. The van der Waals surface area contributed by atoms with E-state index in [2.05, 4.69) is 0 Å². The number of hydrogen-bond donors (Lipinski definition) is 2. The predicted octanol–water partition coefficient (Wildman–Crippen LogP) is 2.80. The van der Waals surface area contributed by atoms with Crippen LogP contribution < -0.4 is 0 Å². The Bertz CT molecular complexity index is 831. The quantitative estimate of drug-likeness (QED) is 0.472. The molecule has 2 atom stereocenters. The first kappa shape index (κ1) is 21.5. The van der Waals surface area contributed by atoms with Crippen molar-refractivity contribution in [1.29, 1.82) is 0 Å². The van der Waals surface area contributed by atoms with E-state index in [4.69, 9.17) is 0 Å². The van der Waals surface area contributed by atoms with Crippen molar-refractivity contribution in [2.24, 2.45) is 0 Å². The lowest BCUT2D eigenvalue weighted by molar-refractivity contribution is -0.195. The van der Waals surface area contributed by atoms with Crippen LogP contribution in [0, 0.1) is 0 Å². The zero-order chi connectivity index (χ0) is 19.4. The van der Waals surface area contributed by atoms with Crippen molar-refractivity contribution in [1.82, 2.24) is 9.96 Å². The largest absolute Gasteiger partial charge is 0.391 e. The summed E-state index contributed by atoms with van der Waals surface area (Å²) in [5, 5.41) is 19.5. The molecule has 1 aliphatic heterocycles. The van der Waals surface area contributed by atoms with Gasteiger partial charge in [-0.3, -0.25) is 19.7 Å². The van der Waals surface area contributed by atoms with Crippen LogP contribution in [0.3, 0.4) is 0 Å². The number of rotatable bonds is 5. The molecule has 1 saturated heterocycles. The highest BCUT2D eigenvalue weighted by atomic mass is 16.5. The fraction of sp³-hybridized carbons (Fsp3) is 0.273. The molecule has 2 aromatic carbocycles. The fourth-order valence-corrected chi connectivity index (χ4v) is 3.13. The summed E-state index contributed by atoms with van der Waals surface area (Å²) in [6.07, 6.45) is 3.03. The standard InChI is InChI=1S/C21H22N2O4.CH4/c1-15(24)20-21(26)23(27)19(25)14-22(20)13-18-11-9-17(10-12-18)8-7-16-5-3-2-4-6-16;/h2-12,15,20,24,27H,13-14H2,1H3;1H4/b8-7+;/t15-,20+;/m1./s1. The first-order chi connectivity index (χ1) is 13.0. The summed E-state index contributed by atoms with van der Waals surface area (Å²) in [6.45, 7) is 1.66. The molecule has 0 saturated carbocycles. The van der Waals surface area contributed by atoms with Crippen LogP contribution in [0.4, 0.5) is 0 Å². The lowest BCUT2D eigenvalue weighted by Gasteiger charge is -2.37. The van der Waals surface area contributed by atoms with Gasteiger partial charge in [-0.25, -0.2) is 0 Å². The molecule has 28 heavy (non-hydrogen) atoms. The molecule has 6 nitrogen and oxygen atoms in total. The fourth-order valence-electron chi connectivity index (χ4n) is 3.13. The van der Waals surface area contributed by atoms with Crippen LogP contribution >= 0.6 is 0 Å². The Kier molecular flexibility index (Phi) is 7.23. The van der Waals surface area contributed by atoms with Gasteiger partial charge in [0, 0.05) is 6.54 Å². The summed E-state index contributed by atoms with van der Waals surface area (Å²) in [7, 11) is 0. The van der Waals surface area contributed by atoms with Gasteiger partial charge in [0.25, 0.3) is 11.8 Å². The summed E-state index contributed by atoms with van der Waals surface area (Å²) in [6, 6.07) is 16.8. The number of piperazine rings is 1. The Hall–Kier alpha value is -2.80. The second-order valence-corrected chi connectivity index (χ2v) is 6.62. The third kappa shape index (κ3) is 4.92. The summed E-state index contributed by atoms with van der Waals surface area (Å²) >= 11 is 0. The molecule has 6 heteroatoms. The van der Waals surface area contributed by atoms with E-state index in [1.54, 1.807) is 4.90 Å². The smallest absolute Gasteiger partial charge is 0.273 e. The third-order valence-electron chi connectivity index (χ3n) is 4.52. The van der Waals surface area contributed by atoms with E-state index >= 15 is 0 Å². The van der Waals surface area contributed by atoms with Gasteiger partial charge in [-0.15, -0.1) is 0 Å². The first-order valence-electron chi connectivity index (χ1n) is 8.75. The highest BCUT2D eigenvalue weighted by Crippen LogP contribution is 2.19. The van der Waals surface area contributed by atoms with Crippen molar-refractivity contribution in [3.8, 4) is 0 Å². The summed E-state index contributed by atoms with van der Waals surface area (Å²) in [4.78, 5) is 25.4. The highest BCUT2D eigenvalue weighted by Gasteiger charge is 2.41. The van der Waals surface area contributed by atoms with Crippen molar-refractivity contribution < 1.29 is 19.9 Å². The zero-order valence-corrected chi connectivity index (χ0v) is 15.0. The molecule has 148 valence electrons. The number of nitrogens with zero attached hydrogens (tertiary/aromatic N) is 2. The van der Waals surface area contributed by atoms with Crippen LogP contribution in [0.2, 0.25) is 0 Å². The average Bonchev–Trinajstić information content (AvgIpc) is 2.66. The number of imide groups is 1. The zero-order valence-electron chi connectivity index (χ0n) is 15.0. The maximum Gasteiger partial charge on any atom is 0.273 e. The van der Waals surface area contributed by atoms with Crippen molar-refractivity contribution in [3.05, 3.63) is 71.3 Å². The molecule has 0 spiro atoms. The van der Waals surface area contributed by atoms with Crippen molar-refractivity contribution in [3.63, 3.8) is 0 Å². The number of aliphatic hydroxyl groups excluding tert-OH is 1. The normalized spacial score (nSPS) is 19.0. The number of aliphatic hydroxyl groups is 1. The lowest BCUT2D eigenvalue weighted by atomic mass is 10.0. The van der Waals surface area contributed by atoms with Crippen molar-refractivity contribution in [2.75, 3.05) is 6.54 Å². The number of carbonyl (C=O) groups is 2. The van der Waals surface area contributed by atoms with E-state index < -0.39 is 24.0 Å². The molecule has 0 radical (unpaired) electrons. The monoisotopic (exact) mass is 382 g/mol. The van der Waals surface area contributed by atoms with E-state index in [1.807, 2.05) is 66.7 Å². The Morgan fingerprint density at radius 2 is 1.61 bits per heavy atom. The molecule has 2 N–H and O–H groups in total. The van der Waals surface area contributed by atoms with Crippen LogP contribution in [-0.2, 0) is 16.1 Å². The molecule has 0 bridgehead atoms. The predicted molar refractivity (Wildman–Crippen MR) is 108 cm³/mol. The molecule has 2 aromatic rings. The number of hydroxylamine groups is 2. The molecule has 1 aliphatic rings. The molecule has 1 fully saturated rings. The molecule has 2 amide bonds. The van der Waals surface area contributed by atoms with Crippen LogP contribution in [-0.4, -0.2) is 50.8 Å². The van der Waals surface area contributed by atoms with E-state index in [9.17, 15) is 19.9 Å². The molecular weight excluding hydrogens is 356 g/mol. The van der Waals surface area contributed by atoms with Crippen molar-refractivity contribution in [2.45, 2.75) is 33.0 Å². The second-order valence-electron chi connectivity index (χ2n) is 6.62. The Morgan fingerprint density at radius 1 is 1.04 bits per heavy atom. The minimum Gasteiger partial charge on any atom is -0.391 e. The van der Waals surface area contributed by atoms with Gasteiger partial charge in [0.15, 0.2) is 0 Å². The van der Waals surface area contributed by atoms with Gasteiger partial charge in [-0.1, -0.05) is 74.2 Å². The van der Waals surface area contributed by atoms with Crippen molar-refractivity contribution >= 4 is 24.0 Å². The lowest BCUT2D eigenvalue weighted by Crippen LogP contribution is -2.61. The minimum atomic E-state index is -1.01. The molecule has 1 heterocycles. The topological polar surface area (TPSA) is 81.1 Å². The third-order valence-corrected chi connectivity index (χ3v) is 4.52. The van der Waals surface area contributed by atoms with Gasteiger partial charge < -0.3 is 5.11 Å².